The largest absolute Gasteiger partial charge is 0.389 e. The maximum atomic E-state index is 10.6. The van der Waals surface area contributed by atoms with E-state index in [4.69, 9.17) is 5.11 Å². The summed E-state index contributed by atoms with van der Waals surface area (Å²) >= 11 is 3.85. The maximum Gasteiger partial charge on any atom is 0.174 e. The number of thiol groups is 1. The summed E-state index contributed by atoms with van der Waals surface area (Å²) in [5.74, 6) is 0.247. The molecular formula is C5H11NO2S. The van der Waals surface area contributed by atoms with Gasteiger partial charge in [0.1, 0.15) is 6.61 Å². The highest BCUT2D eigenvalue weighted by atomic mass is 32.1. The van der Waals surface area contributed by atoms with Crippen LogP contribution in [0.15, 0.2) is 0 Å². The molecule has 0 spiro atoms. The third kappa shape index (κ3) is 3.51. The van der Waals surface area contributed by atoms with E-state index >= 15 is 0 Å². The van der Waals surface area contributed by atoms with Crippen LogP contribution in [0.5, 0.6) is 0 Å². The predicted molar refractivity (Wildman–Crippen MR) is 38.5 cm³/mol. The van der Waals surface area contributed by atoms with Crippen molar-refractivity contribution in [1.29, 1.82) is 0 Å². The Kier molecular flexibility index (Phi) is 4.75. The fourth-order valence-electron chi connectivity index (χ4n) is 0.388. The van der Waals surface area contributed by atoms with Gasteiger partial charge in [-0.15, -0.1) is 0 Å². The van der Waals surface area contributed by atoms with Gasteiger partial charge in [-0.2, -0.15) is 12.6 Å². The Hall–Kier alpha value is -0.0600. The Morgan fingerprint density at radius 2 is 2.44 bits per heavy atom. The molecule has 0 fully saturated rings. The summed E-state index contributed by atoms with van der Waals surface area (Å²) in [5, 5.41) is 11.1. The summed E-state index contributed by atoms with van der Waals surface area (Å²) in [6, 6.07) is -0.285. The van der Waals surface area contributed by atoms with E-state index in [0.717, 1.165) is 0 Å². The molecule has 0 aromatic heterocycles. The molecule has 0 radical (unpaired) electrons. The van der Waals surface area contributed by atoms with Crippen molar-refractivity contribution in [2.75, 3.05) is 12.5 Å². The van der Waals surface area contributed by atoms with Gasteiger partial charge in [-0.25, -0.2) is 0 Å². The van der Waals surface area contributed by atoms with Gasteiger partial charge >= 0.3 is 0 Å². The molecule has 0 saturated carbocycles. The highest BCUT2D eigenvalue weighted by Gasteiger charge is 2.08. The number of Topliss-reactive ketones (excluding diaryl/α,β-unsaturated/α-hetero) is 1. The number of hydrogen-bond donors (Lipinski definition) is 3. The molecule has 0 aromatic carbocycles. The monoisotopic (exact) mass is 149 g/mol. The van der Waals surface area contributed by atoms with Crippen molar-refractivity contribution < 1.29 is 9.90 Å². The van der Waals surface area contributed by atoms with E-state index in [-0.39, 0.29) is 11.8 Å². The average Bonchev–Trinajstić information content (AvgIpc) is 1.87. The van der Waals surface area contributed by atoms with E-state index in [9.17, 15) is 4.79 Å². The number of aliphatic hydroxyl groups excluding tert-OH is 1. The zero-order valence-electron chi connectivity index (χ0n) is 5.29. The Bertz CT molecular complexity index is 97.0. The second-order valence-corrected chi connectivity index (χ2v) is 2.02. The van der Waals surface area contributed by atoms with Crippen LogP contribution in [0.25, 0.3) is 0 Å². The first kappa shape index (κ1) is 8.94. The van der Waals surface area contributed by atoms with Crippen LogP contribution in [0.4, 0.5) is 0 Å². The zero-order valence-corrected chi connectivity index (χ0v) is 6.19. The van der Waals surface area contributed by atoms with E-state index in [1.54, 1.807) is 6.92 Å². The first-order chi connectivity index (χ1) is 4.22. The van der Waals surface area contributed by atoms with E-state index in [2.05, 4.69) is 17.9 Å². The minimum absolute atomic E-state index is 0.205. The fraction of sp³-hybridized carbons (Fsp3) is 0.800. The zero-order chi connectivity index (χ0) is 7.28. The molecule has 0 aliphatic carbocycles. The number of nitrogens with one attached hydrogen (secondary N) is 1. The number of carbonyl (C=O) groups excluding carboxylic acids is 1. The molecule has 0 unspecified atom stereocenters. The quantitative estimate of drug-likeness (QED) is 0.370. The van der Waals surface area contributed by atoms with Crippen molar-refractivity contribution >= 4 is 18.4 Å². The molecule has 0 heterocycles. The van der Waals surface area contributed by atoms with E-state index in [1.165, 1.54) is 0 Å². The summed E-state index contributed by atoms with van der Waals surface area (Å²) in [5.41, 5.74) is 0. The molecule has 0 saturated heterocycles. The van der Waals surface area contributed by atoms with Gasteiger partial charge in [-0.05, 0) is 6.92 Å². The Labute approximate surface area is 59.9 Å². The van der Waals surface area contributed by atoms with Crippen molar-refractivity contribution in [1.82, 2.24) is 5.32 Å². The van der Waals surface area contributed by atoms with Crippen LogP contribution in [-0.4, -0.2) is 29.4 Å². The maximum absolute atomic E-state index is 10.6. The lowest BCUT2D eigenvalue weighted by atomic mass is 10.2. The number of ketones is 1. The number of carbonyl (C=O) groups is 1. The first-order valence-electron chi connectivity index (χ1n) is 2.70. The fourth-order valence-corrected chi connectivity index (χ4v) is 0.662. The normalized spacial score (nSPS) is 13.2. The molecule has 0 aliphatic rings. The van der Waals surface area contributed by atoms with Crippen molar-refractivity contribution in [3.63, 3.8) is 0 Å². The lowest BCUT2D eigenvalue weighted by Gasteiger charge is -2.06. The number of hydrogen-bond acceptors (Lipinski definition) is 4. The third-order valence-electron chi connectivity index (χ3n) is 1.04. The Balaban J connectivity index is 3.45. The van der Waals surface area contributed by atoms with E-state index < -0.39 is 6.61 Å². The molecule has 2 N–H and O–H groups in total. The molecule has 1 atom stereocenters. The number of aliphatic hydroxyl groups is 1. The second kappa shape index (κ2) is 4.78. The van der Waals surface area contributed by atoms with E-state index in [1.807, 2.05) is 0 Å². The van der Waals surface area contributed by atoms with Crippen LogP contribution in [0.1, 0.15) is 6.92 Å². The molecule has 4 heteroatoms. The molecule has 0 bridgehead atoms. The van der Waals surface area contributed by atoms with Crippen LogP contribution in [0.2, 0.25) is 0 Å². The van der Waals surface area contributed by atoms with Crippen LogP contribution in [0, 0.1) is 0 Å². The van der Waals surface area contributed by atoms with Gasteiger partial charge in [0.25, 0.3) is 0 Å². The van der Waals surface area contributed by atoms with Gasteiger partial charge in [0.2, 0.25) is 0 Å². The minimum Gasteiger partial charge on any atom is -0.389 e. The van der Waals surface area contributed by atoms with Gasteiger partial charge < -0.3 is 5.11 Å². The van der Waals surface area contributed by atoms with Gasteiger partial charge in [-0.3, -0.25) is 10.1 Å². The third-order valence-corrected chi connectivity index (χ3v) is 1.22. The Morgan fingerprint density at radius 1 is 1.89 bits per heavy atom. The second-order valence-electron chi connectivity index (χ2n) is 1.71. The molecule has 0 amide bonds. The molecule has 54 valence electrons. The number of rotatable bonds is 4. The van der Waals surface area contributed by atoms with Crippen LogP contribution >= 0.6 is 12.6 Å². The van der Waals surface area contributed by atoms with Gasteiger partial charge in [0, 0.05) is 5.88 Å². The topological polar surface area (TPSA) is 49.3 Å². The van der Waals surface area contributed by atoms with E-state index in [0.29, 0.717) is 5.88 Å². The first-order valence-corrected chi connectivity index (χ1v) is 3.33. The lowest BCUT2D eigenvalue weighted by Crippen LogP contribution is -2.34. The van der Waals surface area contributed by atoms with Crippen molar-refractivity contribution in [2.24, 2.45) is 0 Å². The molecule has 0 aromatic rings. The van der Waals surface area contributed by atoms with Gasteiger partial charge in [-0.1, -0.05) is 0 Å². The lowest BCUT2D eigenvalue weighted by molar-refractivity contribution is -0.123. The van der Waals surface area contributed by atoms with Crippen molar-refractivity contribution in [3.8, 4) is 0 Å². The van der Waals surface area contributed by atoms with Crippen LogP contribution < -0.4 is 5.32 Å². The Morgan fingerprint density at radius 3 is 2.78 bits per heavy atom. The molecular weight excluding hydrogens is 138 g/mol. The van der Waals surface area contributed by atoms with Crippen LogP contribution in [-0.2, 0) is 4.79 Å². The predicted octanol–water partition coefficient (Wildman–Crippen LogP) is -0.587. The highest BCUT2D eigenvalue weighted by molar-refractivity contribution is 7.80. The molecule has 9 heavy (non-hydrogen) atoms. The van der Waals surface area contributed by atoms with Gasteiger partial charge in [0.15, 0.2) is 5.78 Å². The smallest absolute Gasteiger partial charge is 0.174 e. The van der Waals surface area contributed by atoms with Crippen molar-refractivity contribution in [3.05, 3.63) is 0 Å². The summed E-state index contributed by atoms with van der Waals surface area (Å²) in [6.45, 7) is 1.29. The SMILES string of the molecule is C[C@H](NCS)C(=O)CO. The standard InChI is InChI=1S/C5H11NO2S/c1-4(6-3-9)5(8)2-7/h4,6-7,9H,2-3H2,1H3/t4-/m0/s1. The van der Waals surface area contributed by atoms with Crippen molar-refractivity contribution in [2.45, 2.75) is 13.0 Å². The summed E-state index contributed by atoms with van der Waals surface area (Å²) in [4.78, 5) is 10.6. The van der Waals surface area contributed by atoms with Crippen LogP contribution in [0.3, 0.4) is 0 Å². The average molecular weight is 149 g/mol. The summed E-state index contributed by atoms with van der Waals surface area (Å²) in [6.07, 6.45) is 0. The van der Waals surface area contributed by atoms with Gasteiger partial charge in [0.05, 0.1) is 6.04 Å². The molecule has 0 rings (SSSR count). The highest BCUT2D eigenvalue weighted by Crippen LogP contribution is 1.83. The summed E-state index contributed by atoms with van der Waals surface area (Å²) < 4.78 is 0. The molecule has 3 nitrogen and oxygen atoms in total. The summed E-state index contributed by atoms with van der Waals surface area (Å²) in [7, 11) is 0. The minimum atomic E-state index is -0.401. The molecule has 0 aliphatic heterocycles.